The lowest BCUT2D eigenvalue weighted by molar-refractivity contribution is 0.0696. The molecule has 1 aliphatic rings. The summed E-state index contributed by atoms with van der Waals surface area (Å²) in [6, 6.07) is 7.64. The molecule has 1 saturated carbocycles. The van der Waals surface area contributed by atoms with Gasteiger partial charge in [0, 0.05) is 29.5 Å². The van der Waals surface area contributed by atoms with Gasteiger partial charge in [-0.05, 0) is 61.2 Å². The number of carboxylic acid groups (broad SMARTS) is 1. The van der Waals surface area contributed by atoms with Crippen molar-refractivity contribution in [2.45, 2.75) is 39.3 Å². The van der Waals surface area contributed by atoms with E-state index in [4.69, 9.17) is 4.74 Å². The third-order valence-electron chi connectivity index (χ3n) is 7.89. The number of aromatic nitrogens is 4. The second kappa shape index (κ2) is 11.5. The van der Waals surface area contributed by atoms with Gasteiger partial charge in [-0.2, -0.15) is 4.98 Å². The molecule has 0 bridgehead atoms. The molecular formula is C32H24F6N4O3. The summed E-state index contributed by atoms with van der Waals surface area (Å²) < 4.78 is 95.4. The maximum Gasteiger partial charge on any atom is 0.335 e. The summed E-state index contributed by atoms with van der Waals surface area (Å²) in [5.41, 5.74) is -1.69. The van der Waals surface area contributed by atoms with Crippen molar-refractivity contribution in [3.8, 4) is 17.3 Å². The summed E-state index contributed by atoms with van der Waals surface area (Å²) in [6.45, 7) is 0.763. The molecule has 232 valence electrons. The number of imidazole rings is 1. The molecule has 0 spiro atoms. The number of benzene rings is 3. The zero-order valence-electron chi connectivity index (χ0n) is 23.7. The van der Waals surface area contributed by atoms with Crippen molar-refractivity contribution < 1.29 is 41.0 Å². The molecule has 0 amide bonds. The molecule has 45 heavy (non-hydrogen) atoms. The van der Waals surface area contributed by atoms with Gasteiger partial charge in [-0.25, -0.2) is 36.7 Å². The Kier molecular flexibility index (Phi) is 7.71. The lowest BCUT2D eigenvalue weighted by Gasteiger charge is -2.16. The van der Waals surface area contributed by atoms with Crippen LogP contribution in [0.4, 0.5) is 26.3 Å². The molecule has 2 aromatic heterocycles. The average Bonchev–Trinajstić information content (AvgIpc) is 3.70. The number of carbonyl (C=O) groups is 1. The van der Waals surface area contributed by atoms with Gasteiger partial charge in [0.25, 0.3) is 0 Å². The van der Waals surface area contributed by atoms with E-state index in [0.717, 1.165) is 24.4 Å². The first-order valence-corrected chi connectivity index (χ1v) is 13.8. The minimum Gasteiger partial charge on any atom is -0.478 e. The topological polar surface area (TPSA) is 90.1 Å². The number of aryl methyl sites for hydroxylation is 1. The zero-order chi connectivity index (χ0) is 32.0. The number of hydrogen-bond acceptors (Lipinski definition) is 5. The second-order valence-electron chi connectivity index (χ2n) is 11.2. The molecule has 0 saturated heterocycles. The molecule has 0 atom stereocenters. The van der Waals surface area contributed by atoms with Crippen LogP contribution in [-0.4, -0.2) is 37.3 Å². The normalized spacial score (nSPS) is 13.8. The standard InChI is InChI=1S/C32H24F6N4O3/c1-16-2-3-17(21(34)6-16)13-45-31-39-12-25(38)28(41-31)20-11-22(35)18(7-23(20)36)10-27-40-29-24(37)8-19(30(43)44)9-26(29)42(27)15-32(14-33)4-5-32/h2-3,6-9,11-12H,4-5,10,13-15H2,1H3,(H,43,44). The Labute approximate surface area is 252 Å². The van der Waals surface area contributed by atoms with Crippen molar-refractivity contribution >= 4 is 17.0 Å². The molecule has 2 heterocycles. The van der Waals surface area contributed by atoms with Crippen LogP contribution in [0.3, 0.4) is 0 Å². The molecule has 5 aromatic rings. The first-order valence-electron chi connectivity index (χ1n) is 13.8. The van der Waals surface area contributed by atoms with Crippen molar-refractivity contribution in [1.29, 1.82) is 0 Å². The number of halogens is 6. The summed E-state index contributed by atoms with van der Waals surface area (Å²) in [7, 11) is 0. The van der Waals surface area contributed by atoms with E-state index in [1.165, 1.54) is 22.8 Å². The minimum absolute atomic E-state index is 0.0292. The monoisotopic (exact) mass is 626 g/mol. The van der Waals surface area contributed by atoms with Crippen LogP contribution >= 0.6 is 0 Å². The lowest BCUT2D eigenvalue weighted by atomic mass is 10.0. The van der Waals surface area contributed by atoms with E-state index in [1.807, 2.05) is 0 Å². The van der Waals surface area contributed by atoms with Gasteiger partial charge in [0.2, 0.25) is 0 Å². The minimum atomic E-state index is -1.38. The largest absolute Gasteiger partial charge is 0.478 e. The van der Waals surface area contributed by atoms with E-state index in [-0.39, 0.29) is 53.1 Å². The van der Waals surface area contributed by atoms with E-state index in [0.29, 0.717) is 18.4 Å². The fraction of sp³-hybridized carbons (Fsp3) is 0.250. The molecule has 6 rings (SSSR count). The van der Waals surface area contributed by atoms with Crippen LogP contribution in [0.5, 0.6) is 6.01 Å². The van der Waals surface area contributed by atoms with Crippen LogP contribution in [0, 0.1) is 41.4 Å². The van der Waals surface area contributed by atoms with Crippen LogP contribution in [0.2, 0.25) is 0 Å². The Balaban J connectivity index is 1.33. The molecule has 0 aliphatic heterocycles. The second-order valence-corrected chi connectivity index (χ2v) is 11.2. The van der Waals surface area contributed by atoms with Gasteiger partial charge in [-0.15, -0.1) is 0 Å². The first kappa shape index (κ1) is 30.1. The molecule has 0 unspecified atom stereocenters. The summed E-state index contributed by atoms with van der Waals surface area (Å²) in [4.78, 5) is 23.4. The predicted octanol–water partition coefficient (Wildman–Crippen LogP) is 7.11. The highest BCUT2D eigenvalue weighted by molar-refractivity contribution is 5.92. The summed E-state index contributed by atoms with van der Waals surface area (Å²) in [5.74, 6) is -5.87. The Morgan fingerprint density at radius 1 is 0.933 bits per heavy atom. The maximum absolute atomic E-state index is 15.5. The Morgan fingerprint density at radius 3 is 2.38 bits per heavy atom. The predicted molar refractivity (Wildman–Crippen MR) is 150 cm³/mol. The number of hydrogen-bond donors (Lipinski definition) is 1. The lowest BCUT2D eigenvalue weighted by Crippen LogP contribution is -2.16. The van der Waals surface area contributed by atoms with Crippen molar-refractivity contribution in [2.75, 3.05) is 6.67 Å². The van der Waals surface area contributed by atoms with Crippen molar-refractivity contribution in [1.82, 2.24) is 19.5 Å². The van der Waals surface area contributed by atoms with Crippen LogP contribution in [-0.2, 0) is 19.6 Å². The fourth-order valence-electron chi connectivity index (χ4n) is 5.11. The highest BCUT2D eigenvalue weighted by atomic mass is 19.1. The molecule has 1 N–H and O–H groups in total. The molecular weight excluding hydrogens is 602 g/mol. The van der Waals surface area contributed by atoms with Gasteiger partial charge in [0.15, 0.2) is 11.6 Å². The molecule has 0 radical (unpaired) electrons. The van der Waals surface area contributed by atoms with Crippen LogP contribution < -0.4 is 4.74 Å². The number of carboxylic acids is 1. The van der Waals surface area contributed by atoms with Gasteiger partial charge >= 0.3 is 12.0 Å². The Morgan fingerprint density at radius 2 is 1.69 bits per heavy atom. The number of rotatable bonds is 10. The third-order valence-corrected chi connectivity index (χ3v) is 7.89. The van der Waals surface area contributed by atoms with E-state index in [1.54, 1.807) is 13.0 Å². The maximum atomic E-state index is 15.5. The van der Waals surface area contributed by atoms with Crippen LogP contribution in [0.1, 0.15) is 45.7 Å². The molecule has 1 fully saturated rings. The number of fused-ring (bicyclic) bond motifs is 1. The van der Waals surface area contributed by atoms with E-state index in [2.05, 4.69) is 15.0 Å². The van der Waals surface area contributed by atoms with Gasteiger partial charge in [0.05, 0.1) is 24.0 Å². The number of ether oxygens (including phenoxy) is 1. The van der Waals surface area contributed by atoms with E-state index in [9.17, 15) is 27.5 Å². The average molecular weight is 627 g/mol. The number of nitrogens with zero attached hydrogens (tertiary/aromatic N) is 4. The molecule has 7 nitrogen and oxygen atoms in total. The fourth-order valence-corrected chi connectivity index (χ4v) is 5.11. The smallest absolute Gasteiger partial charge is 0.335 e. The van der Waals surface area contributed by atoms with Gasteiger partial charge < -0.3 is 14.4 Å². The number of aromatic carboxylic acids is 1. The zero-order valence-corrected chi connectivity index (χ0v) is 23.7. The van der Waals surface area contributed by atoms with Crippen LogP contribution in [0.15, 0.2) is 48.7 Å². The summed E-state index contributed by atoms with van der Waals surface area (Å²) in [5, 5.41) is 9.41. The highest BCUT2D eigenvalue weighted by Gasteiger charge is 2.44. The summed E-state index contributed by atoms with van der Waals surface area (Å²) in [6.07, 6.45) is 1.43. The molecule has 3 aromatic carbocycles. The third kappa shape index (κ3) is 5.94. The van der Waals surface area contributed by atoms with Crippen molar-refractivity contribution in [2.24, 2.45) is 5.41 Å². The Hall–Kier alpha value is -4.94. The van der Waals surface area contributed by atoms with Gasteiger partial charge in [-0.1, -0.05) is 12.1 Å². The van der Waals surface area contributed by atoms with Crippen molar-refractivity contribution in [3.05, 3.63) is 106 Å². The summed E-state index contributed by atoms with van der Waals surface area (Å²) >= 11 is 0. The van der Waals surface area contributed by atoms with E-state index >= 15 is 8.78 Å². The molecule has 13 heteroatoms. The molecule has 1 aliphatic carbocycles. The number of alkyl halides is 1. The van der Waals surface area contributed by atoms with Gasteiger partial charge in [-0.3, -0.25) is 4.39 Å². The first-order chi connectivity index (χ1) is 21.5. The quantitative estimate of drug-likeness (QED) is 0.166. The van der Waals surface area contributed by atoms with Gasteiger partial charge in [0.1, 0.15) is 41.1 Å². The van der Waals surface area contributed by atoms with Crippen LogP contribution in [0.25, 0.3) is 22.3 Å². The highest BCUT2D eigenvalue weighted by Crippen LogP contribution is 2.48. The Bertz CT molecular complexity index is 1980. The SMILES string of the molecule is Cc1ccc(COc2ncc(F)c(-c3cc(F)c(Cc4nc5c(F)cc(C(=O)O)cc5n4CC4(CF)CC4)cc3F)n2)c(F)c1. The van der Waals surface area contributed by atoms with E-state index < -0.39 is 64.4 Å². The van der Waals surface area contributed by atoms with Crippen molar-refractivity contribution in [3.63, 3.8) is 0 Å².